The number of hydrogen-bond acceptors (Lipinski definition) is 4. The van der Waals surface area contributed by atoms with Crippen LogP contribution in [0.3, 0.4) is 0 Å². The van der Waals surface area contributed by atoms with E-state index in [1.54, 1.807) is 0 Å². The lowest BCUT2D eigenvalue weighted by Crippen LogP contribution is -2.39. The van der Waals surface area contributed by atoms with Crippen LogP contribution in [-0.2, 0) is 4.74 Å². The molecule has 2 aromatic rings. The second kappa shape index (κ2) is 5.37. The summed E-state index contributed by atoms with van der Waals surface area (Å²) in [5.41, 5.74) is 1.08. The van der Waals surface area contributed by atoms with Crippen molar-refractivity contribution in [2.75, 3.05) is 44.7 Å². The van der Waals surface area contributed by atoms with E-state index in [4.69, 9.17) is 4.74 Å². The standard InChI is InChI=1S/C13H18N4O/c1-2-4-12-11(3-1)13(16-15-12)14-5-6-17-7-9-18-10-8-17/h1-4H,5-10H2,(H2,14,15,16). The highest BCUT2D eigenvalue weighted by Crippen LogP contribution is 2.19. The van der Waals surface area contributed by atoms with Gasteiger partial charge in [-0.3, -0.25) is 10.00 Å². The number of benzene rings is 1. The molecule has 0 saturated carbocycles. The number of hydrogen-bond donors (Lipinski definition) is 2. The first-order chi connectivity index (χ1) is 8.93. The van der Waals surface area contributed by atoms with Crippen molar-refractivity contribution in [2.24, 2.45) is 0 Å². The van der Waals surface area contributed by atoms with Gasteiger partial charge in [-0.2, -0.15) is 5.10 Å². The van der Waals surface area contributed by atoms with Crippen LogP contribution in [0.4, 0.5) is 5.82 Å². The molecule has 1 fully saturated rings. The Kier molecular flexibility index (Phi) is 3.43. The Morgan fingerprint density at radius 2 is 2.11 bits per heavy atom. The zero-order chi connectivity index (χ0) is 12.2. The van der Waals surface area contributed by atoms with E-state index in [9.17, 15) is 0 Å². The van der Waals surface area contributed by atoms with E-state index in [1.165, 1.54) is 0 Å². The van der Waals surface area contributed by atoms with Gasteiger partial charge in [0, 0.05) is 31.6 Å². The lowest BCUT2D eigenvalue weighted by atomic mass is 10.2. The molecule has 3 rings (SSSR count). The fraction of sp³-hybridized carbons (Fsp3) is 0.462. The van der Waals surface area contributed by atoms with Gasteiger partial charge in [-0.1, -0.05) is 12.1 Å². The highest BCUT2D eigenvalue weighted by molar-refractivity contribution is 5.89. The second-order valence-electron chi connectivity index (χ2n) is 4.50. The van der Waals surface area contributed by atoms with Gasteiger partial charge in [-0.15, -0.1) is 0 Å². The first-order valence-electron chi connectivity index (χ1n) is 6.40. The molecule has 0 amide bonds. The average Bonchev–Trinajstić information content (AvgIpc) is 2.84. The topological polar surface area (TPSA) is 53.2 Å². The van der Waals surface area contributed by atoms with Gasteiger partial charge in [0.1, 0.15) is 0 Å². The number of fused-ring (bicyclic) bond motifs is 1. The van der Waals surface area contributed by atoms with Gasteiger partial charge >= 0.3 is 0 Å². The van der Waals surface area contributed by atoms with Gasteiger partial charge in [0.15, 0.2) is 5.82 Å². The van der Waals surface area contributed by atoms with E-state index in [1.807, 2.05) is 18.2 Å². The van der Waals surface area contributed by atoms with Crippen LogP contribution in [0.25, 0.3) is 10.9 Å². The molecule has 0 spiro atoms. The smallest absolute Gasteiger partial charge is 0.155 e. The lowest BCUT2D eigenvalue weighted by molar-refractivity contribution is 0.0398. The van der Waals surface area contributed by atoms with Crippen LogP contribution >= 0.6 is 0 Å². The van der Waals surface area contributed by atoms with Crippen molar-refractivity contribution in [3.05, 3.63) is 24.3 Å². The molecule has 18 heavy (non-hydrogen) atoms. The molecule has 5 nitrogen and oxygen atoms in total. The van der Waals surface area contributed by atoms with E-state index >= 15 is 0 Å². The third kappa shape index (κ3) is 2.47. The van der Waals surface area contributed by atoms with E-state index in [2.05, 4.69) is 26.5 Å². The van der Waals surface area contributed by atoms with E-state index in [0.29, 0.717) is 0 Å². The number of rotatable bonds is 4. The van der Waals surface area contributed by atoms with Gasteiger partial charge < -0.3 is 10.1 Å². The highest BCUT2D eigenvalue weighted by atomic mass is 16.5. The van der Waals surface area contributed by atoms with Crippen molar-refractivity contribution >= 4 is 16.7 Å². The molecule has 1 aliphatic heterocycles. The molecular weight excluding hydrogens is 228 g/mol. The number of ether oxygens (including phenoxy) is 1. The number of nitrogens with one attached hydrogen (secondary N) is 2. The molecule has 5 heteroatoms. The predicted molar refractivity (Wildman–Crippen MR) is 71.8 cm³/mol. The minimum Gasteiger partial charge on any atom is -0.379 e. The zero-order valence-electron chi connectivity index (χ0n) is 10.4. The molecule has 2 heterocycles. The number of H-pyrrole nitrogens is 1. The summed E-state index contributed by atoms with van der Waals surface area (Å²) < 4.78 is 5.33. The Morgan fingerprint density at radius 1 is 1.28 bits per heavy atom. The van der Waals surface area contributed by atoms with Gasteiger partial charge in [0.2, 0.25) is 0 Å². The summed E-state index contributed by atoms with van der Waals surface area (Å²) in [6.45, 7) is 5.71. The number of anilines is 1. The maximum atomic E-state index is 5.33. The number of morpholine rings is 1. The Morgan fingerprint density at radius 3 is 3.00 bits per heavy atom. The first kappa shape index (κ1) is 11.5. The van der Waals surface area contributed by atoms with Crippen LogP contribution in [0.5, 0.6) is 0 Å². The molecule has 1 aromatic heterocycles. The second-order valence-corrected chi connectivity index (χ2v) is 4.50. The summed E-state index contributed by atoms with van der Waals surface area (Å²) >= 11 is 0. The maximum absolute atomic E-state index is 5.33. The summed E-state index contributed by atoms with van der Waals surface area (Å²) in [6.07, 6.45) is 0. The van der Waals surface area contributed by atoms with Crippen molar-refractivity contribution < 1.29 is 4.74 Å². The summed E-state index contributed by atoms with van der Waals surface area (Å²) in [5.74, 6) is 0.943. The van der Waals surface area contributed by atoms with E-state index in [-0.39, 0.29) is 0 Å². The van der Waals surface area contributed by atoms with Gasteiger partial charge in [-0.05, 0) is 12.1 Å². The van der Waals surface area contributed by atoms with Crippen molar-refractivity contribution in [2.45, 2.75) is 0 Å². The third-order valence-corrected chi connectivity index (χ3v) is 3.29. The molecule has 0 atom stereocenters. The molecule has 0 bridgehead atoms. The molecule has 0 aliphatic carbocycles. The summed E-state index contributed by atoms with van der Waals surface area (Å²) in [6, 6.07) is 8.16. The van der Waals surface area contributed by atoms with Crippen LogP contribution in [0.1, 0.15) is 0 Å². The Labute approximate surface area is 106 Å². The minimum atomic E-state index is 0.853. The van der Waals surface area contributed by atoms with Crippen LogP contribution in [0.2, 0.25) is 0 Å². The Bertz CT molecular complexity index is 504. The summed E-state index contributed by atoms with van der Waals surface area (Å²) in [4.78, 5) is 2.41. The van der Waals surface area contributed by atoms with Crippen LogP contribution in [0, 0.1) is 0 Å². The highest BCUT2D eigenvalue weighted by Gasteiger charge is 2.10. The fourth-order valence-corrected chi connectivity index (χ4v) is 2.26. The molecule has 1 aliphatic rings. The number of nitrogens with zero attached hydrogens (tertiary/aromatic N) is 2. The van der Waals surface area contributed by atoms with Crippen LogP contribution < -0.4 is 5.32 Å². The number of para-hydroxylation sites is 1. The van der Waals surface area contributed by atoms with Crippen molar-refractivity contribution in [1.82, 2.24) is 15.1 Å². The average molecular weight is 246 g/mol. The van der Waals surface area contributed by atoms with Crippen LogP contribution in [0.15, 0.2) is 24.3 Å². The zero-order valence-corrected chi connectivity index (χ0v) is 10.4. The molecule has 0 radical (unpaired) electrons. The summed E-state index contributed by atoms with van der Waals surface area (Å²) in [5, 5.41) is 11.9. The number of aromatic nitrogens is 2. The van der Waals surface area contributed by atoms with Gasteiger partial charge in [0.25, 0.3) is 0 Å². The third-order valence-electron chi connectivity index (χ3n) is 3.29. The quantitative estimate of drug-likeness (QED) is 0.854. The SMILES string of the molecule is c1ccc2c(NCCN3CCOCC3)n[nH]c2c1. The monoisotopic (exact) mass is 246 g/mol. The molecule has 2 N–H and O–H groups in total. The number of aromatic amines is 1. The normalized spacial score (nSPS) is 17.1. The lowest BCUT2D eigenvalue weighted by Gasteiger charge is -2.26. The largest absolute Gasteiger partial charge is 0.379 e. The maximum Gasteiger partial charge on any atom is 0.155 e. The van der Waals surface area contributed by atoms with Crippen molar-refractivity contribution in [1.29, 1.82) is 0 Å². The Hall–Kier alpha value is -1.59. The molecule has 0 unspecified atom stereocenters. The predicted octanol–water partition coefficient (Wildman–Crippen LogP) is 1.31. The molecule has 1 aromatic carbocycles. The van der Waals surface area contributed by atoms with Crippen molar-refractivity contribution in [3.8, 4) is 0 Å². The fourth-order valence-electron chi connectivity index (χ4n) is 2.26. The Balaban J connectivity index is 1.56. The molecular formula is C13H18N4O. The molecule has 1 saturated heterocycles. The van der Waals surface area contributed by atoms with E-state index < -0.39 is 0 Å². The van der Waals surface area contributed by atoms with E-state index in [0.717, 1.165) is 56.1 Å². The van der Waals surface area contributed by atoms with Gasteiger partial charge in [-0.25, -0.2) is 0 Å². The first-order valence-corrected chi connectivity index (χ1v) is 6.40. The van der Waals surface area contributed by atoms with Gasteiger partial charge in [0.05, 0.1) is 18.7 Å². The molecule has 96 valence electrons. The van der Waals surface area contributed by atoms with Crippen LogP contribution in [-0.4, -0.2) is 54.5 Å². The van der Waals surface area contributed by atoms with Crippen molar-refractivity contribution in [3.63, 3.8) is 0 Å². The summed E-state index contributed by atoms with van der Waals surface area (Å²) in [7, 11) is 0. The minimum absolute atomic E-state index is 0.853.